The van der Waals surface area contributed by atoms with Crippen LogP contribution in [0.25, 0.3) is 54.8 Å². The zero-order chi connectivity index (χ0) is 31.0. The van der Waals surface area contributed by atoms with Crippen molar-refractivity contribution in [1.29, 1.82) is 10.5 Å². The first-order chi connectivity index (χ1) is 22.7. The Morgan fingerprint density at radius 3 is 2.09 bits per heavy atom. The summed E-state index contributed by atoms with van der Waals surface area (Å²) in [6, 6.07) is 52.5. The van der Waals surface area contributed by atoms with Crippen molar-refractivity contribution in [3.63, 3.8) is 0 Å². The average Bonchev–Trinajstić information content (AvgIpc) is 3.46. The van der Waals surface area contributed by atoms with Crippen LogP contribution < -0.4 is 5.32 Å². The number of benzene rings is 6. The van der Waals surface area contributed by atoms with E-state index in [-0.39, 0.29) is 6.04 Å². The molecule has 4 nitrogen and oxygen atoms in total. The molecule has 1 heterocycles. The molecule has 1 aromatic heterocycles. The molecule has 7 aromatic rings. The summed E-state index contributed by atoms with van der Waals surface area (Å²) < 4.78 is 2.27. The van der Waals surface area contributed by atoms with Crippen LogP contribution >= 0.6 is 0 Å². The van der Waals surface area contributed by atoms with Gasteiger partial charge in [-0.25, -0.2) is 0 Å². The summed E-state index contributed by atoms with van der Waals surface area (Å²) in [7, 11) is 0. The molecule has 6 aromatic carbocycles. The molecule has 0 bridgehead atoms. The van der Waals surface area contributed by atoms with Gasteiger partial charge < -0.3 is 9.88 Å². The number of nitriles is 2. The lowest BCUT2D eigenvalue weighted by atomic mass is 9.90. The molecule has 4 heteroatoms. The fraction of sp³-hybridized carbons (Fsp3) is 0.0476. The number of hydrogen-bond donors (Lipinski definition) is 1. The summed E-state index contributed by atoms with van der Waals surface area (Å²) in [6.45, 7) is 0. The maximum atomic E-state index is 10.7. The number of fused-ring (bicyclic) bond motifs is 5. The van der Waals surface area contributed by atoms with E-state index in [0.717, 1.165) is 49.7 Å². The Kier molecular flexibility index (Phi) is 6.68. The van der Waals surface area contributed by atoms with Crippen LogP contribution in [0.15, 0.2) is 162 Å². The average molecular weight is 589 g/mol. The molecule has 1 N–H and O–H groups in total. The molecule has 0 saturated carbocycles. The number of nitrogens with one attached hydrogen (secondary N) is 1. The van der Waals surface area contributed by atoms with Gasteiger partial charge in [0, 0.05) is 27.5 Å². The smallest absolute Gasteiger partial charge is 0.102 e. The number of anilines is 1. The van der Waals surface area contributed by atoms with E-state index < -0.39 is 0 Å². The van der Waals surface area contributed by atoms with Crippen LogP contribution in [0.3, 0.4) is 0 Å². The van der Waals surface area contributed by atoms with Gasteiger partial charge in [-0.15, -0.1) is 0 Å². The highest BCUT2D eigenvalue weighted by Crippen LogP contribution is 2.43. The third-order valence-corrected chi connectivity index (χ3v) is 9.04. The molecule has 0 amide bonds. The molecule has 0 radical (unpaired) electrons. The van der Waals surface area contributed by atoms with Crippen LogP contribution in [-0.2, 0) is 0 Å². The van der Waals surface area contributed by atoms with Crippen LogP contribution in [0.5, 0.6) is 0 Å². The Morgan fingerprint density at radius 2 is 1.30 bits per heavy atom. The quantitative estimate of drug-likeness (QED) is 0.218. The zero-order valence-corrected chi connectivity index (χ0v) is 25.0. The van der Waals surface area contributed by atoms with Gasteiger partial charge in [-0.1, -0.05) is 121 Å². The van der Waals surface area contributed by atoms with Gasteiger partial charge in [0.25, 0.3) is 0 Å². The summed E-state index contributed by atoms with van der Waals surface area (Å²) in [5.41, 5.74) is 8.88. The third kappa shape index (κ3) is 4.44. The second kappa shape index (κ2) is 11.3. The van der Waals surface area contributed by atoms with E-state index in [1.807, 2.05) is 42.5 Å². The molecule has 1 unspecified atom stereocenters. The van der Waals surface area contributed by atoms with Crippen molar-refractivity contribution in [1.82, 2.24) is 4.57 Å². The minimum absolute atomic E-state index is 0.335. The van der Waals surface area contributed by atoms with E-state index in [2.05, 4.69) is 125 Å². The second-order valence-electron chi connectivity index (χ2n) is 11.6. The van der Waals surface area contributed by atoms with E-state index >= 15 is 0 Å². The van der Waals surface area contributed by atoms with Crippen molar-refractivity contribution in [3.8, 4) is 34.4 Å². The van der Waals surface area contributed by atoms with E-state index in [1.54, 1.807) is 0 Å². The molecule has 1 aliphatic carbocycles. The molecular formula is C42H28N4. The largest absolute Gasteiger partial charge is 0.354 e. The summed E-state index contributed by atoms with van der Waals surface area (Å²) in [5, 5.41) is 29.3. The molecule has 0 fully saturated rings. The molecule has 0 aliphatic heterocycles. The highest BCUT2D eigenvalue weighted by atomic mass is 15.0. The summed E-state index contributed by atoms with van der Waals surface area (Å²) in [6.07, 6.45) is 2.64. The van der Waals surface area contributed by atoms with Gasteiger partial charge in [0.15, 0.2) is 0 Å². The SMILES string of the molecule is N#CC1=C(C#N)C(n2c3ccc(-c4ccccc4)cc3c3c4ccccc4ccc32)CC=C1Nc1ccccc1-c1ccccc1. The predicted molar refractivity (Wildman–Crippen MR) is 188 cm³/mol. The highest BCUT2D eigenvalue weighted by Gasteiger charge is 2.30. The summed E-state index contributed by atoms with van der Waals surface area (Å²) in [4.78, 5) is 0. The molecule has 8 rings (SSSR count). The topological polar surface area (TPSA) is 64.5 Å². The molecule has 0 spiro atoms. The van der Waals surface area contributed by atoms with Crippen molar-refractivity contribution in [2.45, 2.75) is 12.5 Å². The Hall–Kier alpha value is -6.36. The van der Waals surface area contributed by atoms with Gasteiger partial charge in [-0.2, -0.15) is 10.5 Å². The minimum atomic E-state index is -0.335. The molecule has 216 valence electrons. The van der Waals surface area contributed by atoms with Crippen LogP contribution in [0.4, 0.5) is 5.69 Å². The third-order valence-electron chi connectivity index (χ3n) is 9.04. The van der Waals surface area contributed by atoms with Crippen LogP contribution in [-0.4, -0.2) is 4.57 Å². The van der Waals surface area contributed by atoms with Crippen molar-refractivity contribution >= 4 is 38.3 Å². The van der Waals surface area contributed by atoms with Gasteiger partial charge in [0.2, 0.25) is 0 Å². The summed E-state index contributed by atoms with van der Waals surface area (Å²) in [5.74, 6) is 0. The van der Waals surface area contributed by atoms with Crippen molar-refractivity contribution in [2.24, 2.45) is 0 Å². The molecule has 0 saturated heterocycles. The molecular weight excluding hydrogens is 560 g/mol. The van der Waals surface area contributed by atoms with Gasteiger partial charge in [-0.05, 0) is 58.1 Å². The number of nitrogens with zero attached hydrogens (tertiary/aromatic N) is 3. The Morgan fingerprint density at radius 1 is 0.609 bits per heavy atom. The first-order valence-corrected chi connectivity index (χ1v) is 15.4. The van der Waals surface area contributed by atoms with Crippen molar-refractivity contribution in [3.05, 3.63) is 162 Å². The minimum Gasteiger partial charge on any atom is -0.354 e. The maximum Gasteiger partial charge on any atom is 0.102 e. The number of allylic oxidation sites excluding steroid dienone is 3. The Balaban J connectivity index is 1.29. The number of para-hydroxylation sites is 1. The molecule has 1 atom stereocenters. The lowest BCUT2D eigenvalue weighted by Gasteiger charge is -2.26. The van der Waals surface area contributed by atoms with Gasteiger partial charge in [0.1, 0.15) is 6.07 Å². The lowest BCUT2D eigenvalue weighted by Crippen LogP contribution is -2.18. The fourth-order valence-electron chi connectivity index (χ4n) is 6.93. The van der Waals surface area contributed by atoms with E-state index in [1.165, 1.54) is 10.8 Å². The number of rotatable bonds is 5. The predicted octanol–water partition coefficient (Wildman–Crippen LogP) is 10.6. The monoisotopic (exact) mass is 588 g/mol. The van der Waals surface area contributed by atoms with Gasteiger partial charge >= 0.3 is 0 Å². The van der Waals surface area contributed by atoms with E-state index in [9.17, 15) is 10.5 Å². The normalized spacial score (nSPS) is 14.7. The van der Waals surface area contributed by atoms with Gasteiger partial charge in [-0.3, -0.25) is 0 Å². The first kappa shape index (κ1) is 27.2. The number of hydrogen-bond acceptors (Lipinski definition) is 3. The molecule has 46 heavy (non-hydrogen) atoms. The maximum absolute atomic E-state index is 10.7. The Bertz CT molecular complexity index is 2430. The number of aromatic nitrogens is 1. The first-order valence-electron chi connectivity index (χ1n) is 15.4. The second-order valence-corrected chi connectivity index (χ2v) is 11.6. The van der Waals surface area contributed by atoms with Crippen LogP contribution in [0, 0.1) is 22.7 Å². The van der Waals surface area contributed by atoms with Crippen molar-refractivity contribution in [2.75, 3.05) is 5.32 Å². The van der Waals surface area contributed by atoms with Gasteiger partial charge in [0.05, 0.1) is 34.5 Å². The van der Waals surface area contributed by atoms with E-state index in [4.69, 9.17) is 0 Å². The zero-order valence-electron chi connectivity index (χ0n) is 25.0. The lowest BCUT2D eigenvalue weighted by molar-refractivity contribution is 0.619. The fourth-order valence-corrected chi connectivity index (χ4v) is 6.93. The summed E-state index contributed by atoms with van der Waals surface area (Å²) >= 11 is 0. The Labute approximate surface area is 267 Å². The standard InChI is InChI=1S/C42H28N4/c43-26-35-36(27-44)40(24-21-38(35)45-37-18-10-9-16-32(37)29-13-5-2-6-14-29)46-39-22-20-31(28-11-3-1-4-12-28)25-34(39)42-33-17-8-7-15-30(33)19-23-41(42)46/h1-23,25,40,45H,24H2. The van der Waals surface area contributed by atoms with Crippen molar-refractivity contribution < 1.29 is 0 Å². The van der Waals surface area contributed by atoms with Crippen LogP contribution in [0.1, 0.15) is 12.5 Å². The van der Waals surface area contributed by atoms with E-state index in [0.29, 0.717) is 23.3 Å². The van der Waals surface area contributed by atoms with Crippen LogP contribution in [0.2, 0.25) is 0 Å². The highest BCUT2D eigenvalue weighted by molar-refractivity contribution is 6.21. The molecule has 1 aliphatic rings.